The molecule has 0 amide bonds. The Bertz CT molecular complexity index is 331. The fraction of sp³-hybridized carbons (Fsp3) is 0.400. The Balaban J connectivity index is 2.85. The van der Waals surface area contributed by atoms with Gasteiger partial charge in [0.25, 0.3) is 6.43 Å². The van der Waals surface area contributed by atoms with Crippen LogP contribution in [-0.4, -0.2) is 20.0 Å². The van der Waals surface area contributed by atoms with E-state index in [1.807, 2.05) is 0 Å². The van der Waals surface area contributed by atoms with Crippen LogP contribution in [0.3, 0.4) is 0 Å². The van der Waals surface area contributed by atoms with Crippen LogP contribution in [0.5, 0.6) is 0 Å². The Labute approximate surface area is 97.6 Å². The van der Waals surface area contributed by atoms with Gasteiger partial charge in [0.2, 0.25) is 0 Å². The molecule has 0 bridgehead atoms. The highest BCUT2D eigenvalue weighted by Crippen LogP contribution is 2.27. The van der Waals surface area contributed by atoms with E-state index in [0.29, 0.717) is 16.6 Å². The summed E-state index contributed by atoms with van der Waals surface area (Å²) in [6, 6.07) is 5.16. The van der Waals surface area contributed by atoms with Gasteiger partial charge in [-0.15, -0.1) is 11.6 Å². The van der Waals surface area contributed by atoms with E-state index < -0.39 is 6.43 Å². The first-order valence-corrected chi connectivity index (χ1v) is 5.29. The van der Waals surface area contributed by atoms with Crippen molar-refractivity contribution in [3.8, 4) is 0 Å². The molecule has 1 rings (SSSR count). The van der Waals surface area contributed by atoms with Crippen LogP contribution >= 0.6 is 23.2 Å². The van der Waals surface area contributed by atoms with Crippen molar-refractivity contribution < 1.29 is 8.78 Å². The van der Waals surface area contributed by atoms with Crippen molar-refractivity contribution in [2.75, 3.05) is 18.5 Å². The summed E-state index contributed by atoms with van der Waals surface area (Å²) in [6.45, 7) is -0.333. The summed E-state index contributed by atoms with van der Waals surface area (Å²) in [4.78, 5) is 1.42. The lowest BCUT2D eigenvalue weighted by atomic mass is 10.2. The van der Waals surface area contributed by atoms with Gasteiger partial charge >= 0.3 is 0 Å². The van der Waals surface area contributed by atoms with E-state index in [9.17, 15) is 8.78 Å². The molecule has 0 heterocycles. The molecule has 1 aromatic carbocycles. The van der Waals surface area contributed by atoms with Crippen LogP contribution in [0, 0.1) is 0 Å². The third-order valence-corrected chi connectivity index (χ3v) is 2.60. The summed E-state index contributed by atoms with van der Waals surface area (Å²) in [7, 11) is 1.58. The van der Waals surface area contributed by atoms with E-state index in [2.05, 4.69) is 0 Å². The zero-order valence-electron chi connectivity index (χ0n) is 8.18. The van der Waals surface area contributed by atoms with Gasteiger partial charge in [0.05, 0.1) is 17.3 Å². The maximum atomic E-state index is 12.1. The molecule has 1 nitrogen and oxygen atoms in total. The Kier molecular flexibility index (Phi) is 4.61. The third kappa shape index (κ3) is 3.50. The molecular formula is C10H11Cl2F2N. The number of rotatable bonds is 4. The van der Waals surface area contributed by atoms with Gasteiger partial charge in [0, 0.05) is 12.9 Å². The highest BCUT2D eigenvalue weighted by molar-refractivity contribution is 6.33. The minimum Gasteiger partial charge on any atom is -0.368 e. The molecule has 0 atom stereocenters. The number of benzene rings is 1. The van der Waals surface area contributed by atoms with Crippen LogP contribution in [0.2, 0.25) is 5.02 Å². The Morgan fingerprint density at radius 2 is 2.07 bits per heavy atom. The van der Waals surface area contributed by atoms with Gasteiger partial charge in [-0.25, -0.2) is 8.78 Å². The van der Waals surface area contributed by atoms with Gasteiger partial charge in [-0.05, 0) is 17.7 Å². The summed E-state index contributed by atoms with van der Waals surface area (Å²) in [5, 5.41) is 0.441. The zero-order chi connectivity index (χ0) is 11.4. The summed E-state index contributed by atoms with van der Waals surface area (Å²) in [5.41, 5.74) is 1.46. The maximum Gasteiger partial charge on any atom is 0.255 e. The summed E-state index contributed by atoms with van der Waals surface area (Å²) in [6.07, 6.45) is -2.38. The molecule has 0 saturated carbocycles. The van der Waals surface area contributed by atoms with E-state index in [0.717, 1.165) is 5.56 Å². The smallest absolute Gasteiger partial charge is 0.255 e. The first-order chi connectivity index (χ1) is 7.04. The predicted octanol–water partition coefficient (Wildman–Crippen LogP) is 3.78. The Morgan fingerprint density at radius 3 is 2.53 bits per heavy atom. The van der Waals surface area contributed by atoms with Gasteiger partial charge in [-0.2, -0.15) is 0 Å². The molecule has 0 radical (unpaired) electrons. The molecule has 0 spiro atoms. The maximum absolute atomic E-state index is 12.1. The van der Waals surface area contributed by atoms with Gasteiger partial charge in [-0.3, -0.25) is 0 Å². The number of nitrogens with zero attached hydrogens (tertiary/aromatic N) is 1. The number of halogens is 4. The minimum absolute atomic E-state index is 0.333. The van der Waals surface area contributed by atoms with Crippen LogP contribution in [-0.2, 0) is 5.88 Å². The van der Waals surface area contributed by atoms with Crippen LogP contribution in [0.4, 0.5) is 14.5 Å². The quantitative estimate of drug-likeness (QED) is 0.739. The second kappa shape index (κ2) is 5.52. The first-order valence-electron chi connectivity index (χ1n) is 4.38. The van der Waals surface area contributed by atoms with E-state index >= 15 is 0 Å². The molecule has 0 fully saturated rings. The molecule has 0 N–H and O–H groups in total. The molecule has 15 heavy (non-hydrogen) atoms. The first kappa shape index (κ1) is 12.5. The molecular weight excluding hydrogens is 243 g/mol. The molecule has 84 valence electrons. The average Bonchev–Trinajstić information content (AvgIpc) is 2.16. The highest BCUT2D eigenvalue weighted by atomic mass is 35.5. The van der Waals surface area contributed by atoms with Gasteiger partial charge in [0.1, 0.15) is 0 Å². The van der Waals surface area contributed by atoms with Crippen molar-refractivity contribution in [1.82, 2.24) is 0 Å². The standard InChI is InChI=1S/C10H11Cl2F2N/c1-15(6-10(13)14)9-3-2-7(5-11)4-8(9)12/h2-4,10H,5-6H2,1H3. The lowest BCUT2D eigenvalue weighted by molar-refractivity contribution is 0.156. The monoisotopic (exact) mass is 253 g/mol. The van der Waals surface area contributed by atoms with E-state index in [1.54, 1.807) is 25.2 Å². The average molecular weight is 254 g/mol. The van der Waals surface area contributed by atoms with Crippen molar-refractivity contribution >= 4 is 28.9 Å². The number of alkyl halides is 3. The normalized spacial score (nSPS) is 10.8. The molecule has 5 heteroatoms. The number of anilines is 1. The van der Waals surface area contributed by atoms with Crippen LogP contribution in [0.25, 0.3) is 0 Å². The second-order valence-electron chi connectivity index (χ2n) is 3.19. The summed E-state index contributed by atoms with van der Waals surface area (Å²) < 4.78 is 24.3. The number of hydrogen-bond acceptors (Lipinski definition) is 1. The lowest BCUT2D eigenvalue weighted by Crippen LogP contribution is -2.24. The Hall–Kier alpha value is -0.540. The fourth-order valence-corrected chi connectivity index (χ4v) is 1.76. The lowest BCUT2D eigenvalue weighted by Gasteiger charge is -2.20. The third-order valence-electron chi connectivity index (χ3n) is 1.99. The molecule has 0 aliphatic carbocycles. The molecule has 1 aromatic rings. The van der Waals surface area contributed by atoms with E-state index in [1.165, 1.54) is 4.90 Å². The minimum atomic E-state index is -2.38. The largest absolute Gasteiger partial charge is 0.368 e. The van der Waals surface area contributed by atoms with Crippen molar-refractivity contribution in [3.63, 3.8) is 0 Å². The molecule has 0 saturated heterocycles. The predicted molar refractivity (Wildman–Crippen MR) is 60.3 cm³/mol. The number of hydrogen-bond donors (Lipinski definition) is 0. The second-order valence-corrected chi connectivity index (χ2v) is 3.87. The van der Waals surface area contributed by atoms with Crippen LogP contribution in [0.15, 0.2) is 18.2 Å². The molecule has 0 unspecified atom stereocenters. The van der Waals surface area contributed by atoms with Crippen molar-refractivity contribution in [2.24, 2.45) is 0 Å². The molecule has 0 aliphatic rings. The SMILES string of the molecule is CN(CC(F)F)c1ccc(CCl)cc1Cl. The van der Waals surface area contributed by atoms with Crippen molar-refractivity contribution in [3.05, 3.63) is 28.8 Å². The zero-order valence-corrected chi connectivity index (χ0v) is 9.69. The fourth-order valence-electron chi connectivity index (χ4n) is 1.25. The van der Waals surface area contributed by atoms with Crippen molar-refractivity contribution in [2.45, 2.75) is 12.3 Å². The molecule has 0 aromatic heterocycles. The van der Waals surface area contributed by atoms with E-state index in [4.69, 9.17) is 23.2 Å². The molecule has 0 aliphatic heterocycles. The topological polar surface area (TPSA) is 3.24 Å². The summed E-state index contributed by atoms with van der Waals surface area (Å²) in [5.74, 6) is 0.360. The van der Waals surface area contributed by atoms with Gasteiger partial charge in [0.15, 0.2) is 0 Å². The van der Waals surface area contributed by atoms with Crippen LogP contribution < -0.4 is 4.90 Å². The highest BCUT2D eigenvalue weighted by Gasteiger charge is 2.11. The van der Waals surface area contributed by atoms with Crippen molar-refractivity contribution in [1.29, 1.82) is 0 Å². The van der Waals surface area contributed by atoms with Gasteiger partial charge in [-0.1, -0.05) is 17.7 Å². The van der Waals surface area contributed by atoms with Crippen LogP contribution in [0.1, 0.15) is 5.56 Å². The van der Waals surface area contributed by atoms with Gasteiger partial charge < -0.3 is 4.90 Å². The summed E-state index contributed by atoms with van der Waals surface area (Å²) >= 11 is 11.6. The van der Waals surface area contributed by atoms with E-state index in [-0.39, 0.29) is 6.54 Å². The Morgan fingerprint density at radius 1 is 1.40 bits per heavy atom.